The molecule has 2 aliphatic rings. The maximum Gasteiger partial charge on any atom is 0.256 e. The lowest BCUT2D eigenvalue weighted by molar-refractivity contribution is -0.129. The van der Waals surface area contributed by atoms with Gasteiger partial charge in [0.15, 0.2) is 0 Å². The first kappa shape index (κ1) is 19.8. The molecule has 1 aromatic rings. The molecular formula is C21H30FN3O2. The molecule has 0 spiro atoms. The van der Waals surface area contributed by atoms with Gasteiger partial charge in [-0.05, 0) is 37.3 Å². The molecule has 1 aromatic carbocycles. The highest BCUT2D eigenvalue weighted by molar-refractivity contribution is 5.94. The first-order valence-corrected chi connectivity index (χ1v) is 10.2. The van der Waals surface area contributed by atoms with Crippen molar-refractivity contribution in [3.05, 3.63) is 35.6 Å². The van der Waals surface area contributed by atoms with Crippen LogP contribution in [0, 0.1) is 11.7 Å². The summed E-state index contributed by atoms with van der Waals surface area (Å²) >= 11 is 0. The predicted octanol–water partition coefficient (Wildman–Crippen LogP) is 2.67. The number of hydrogen-bond donors (Lipinski definition) is 1. The number of carbonyl (C=O) groups is 2. The minimum atomic E-state index is -0.479. The van der Waals surface area contributed by atoms with Gasteiger partial charge in [-0.15, -0.1) is 0 Å². The van der Waals surface area contributed by atoms with E-state index < -0.39 is 5.82 Å². The molecule has 0 aromatic heterocycles. The second kappa shape index (κ2) is 9.31. The molecule has 2 fully saturated rings. The van der Waals surface area contributed by atoms with Crippen LogP contribution in [0.2, 0.25) is 0 Å². The van der Waals surface area contributed by atoms with E-state index in [0.29, 0.717) is 38.6 Å². The zero-order valence-corrected chi connectivity index (χ0v) is 16.1. The van der Waals surface area contributed by atoms with Crippen molar-refractivity contribution in [1.29, 1.82) is 0 Å². The molecule has 1 N–H and O–H groups in total. The van der Waals surface area contributed by atoms with Crippen molar-refractivity contribution < 1.29 is 14.0 Å². The molecule has 27 heavy (non-hydrogen) atoms. The second-order valence-corrected chi connectivity index (χ2v) is 7.59. The number of carbonyl (C=O) groups excluding carboxylic acids is 2. The van der Waals surface area contributed by atoms with Gasteiger partial charge in [-0.1, -0.05) is 31.9 Å². The molecule has 2 amide bonds. The van der Waals surface area contributed by atoms with Crippen LogP contribution in [0.4, 0.5) is 4.39 Å². The molecule has 0 bridgehead atoms. The van der Waals surface area contributed by atoms with Gasteiger partial charge in [0.05, 0.1) is 11.6 Å². The van der Waals surface area contributed by atoms with Crippen molar-refractivity contribution in [3.63, 3.8) is 0 Å². The van der Waals surface area contributed by atoms with Gasteiger partial charge in [-0.3, -0.25) is 14.5 Å². The third-order valence-electron chi connectivity index (χ3n) is 5.76. The summed E-state index contributed by atoms with van der Waals surface area (Å²) in [4.78, 5) is 29.3. The molecule has 1 aliphatic carbocycles. The summed E-state index contributed by atoms with van der Waals surface area (Å²) in [5.41, 5.74) is 0.124. The van der Waals surface area contributed by atoms with Crippen LogP contribution in [0.15, 0.2) is 24.3 Å². The topological polar surface area (TPSA) is 52.7 Å². The Hall–Kier alpha value is -1.95. The van der Waals surface area contributed by atoms with Gasteiger partial charge >= 0.3 is 0 Å². The molecule has 6 heteroatoms. The normalized spacial score (nSPS) is 19.9. The van der Waals surface area contributed by atoms with E-state index in [1.54, 1.807) is 17.0 Å². The van der Waals surface area contributed by atoms with E-state index in [1.807, 2.05) is 0 Å². The predicted molar refractivity (Wildman–Crippen MR) is 103 cm³/mol. The van der Waals surface area contributed by atoms with E-state index in [2.05, 4.69) is 17.1 Å². The Morgan fingerprint density at radius 2 is 1.81 bits per heavy atom. The lowest BCUT2D eigenvalue weighted by atomic mass is 9.95. The smallest absolute Gasteiger partial charge is 0.256 e. The van der Waals surface area contributed by atoms with Crippen LogP contribution in [0.5, 0.6) is 0 Å². The molecule has 1 atom stereocenters. The molecule has 1 aliphatic heterocycles. The third kappa shape index (κ3) is 4.67. The molecule has 3 rings (SSSR count). The molecule has 1 saturated heterocycles. The molecule has 148 valence electrons. The first-order valence-electron chi connectivity index (χ1n) is 10.2. The fourth-order valence-corrected chi connectivity index (χ4v) is 4.31. The van der Waals surface area contributed by atoms with Gasteiger partial charge in [0.2, 0.25) is 5.91 Å². The van der Waals surface area contributed by atoms with E-state index in [-0.39, 0.29) is 23.4 Å². The average molecular weight is 375 g/mol. The third-order valence-corrected chi connectivity index (χ3v) is 5.76. The number of hydrogen-bond acceptors (Lipinski definition) is 3. The van der Waals surface area contributed by atoms with Crippen molar-refractivity contribution in [2.45, 2.75) is 45.1 Å². The highest BCUT2D eigenvalue weighted by atomic mass is 19.1. The summed E-state index contributed by atoms with van der Waals surface area (Å²) in [6, 6.07) is 6.01. The van der Waals surface area contributed by atoms with Crippen LogP contribution in [-0.4, -0.2) is 60.4 Å². The lowest BCUT2D eigenvalue weighted by Crippen LogP contribution is -2.58. The highest BCUT2D eigenvalue weighted by Crippen LogP contribution is 2.31. The first-order chi connectivity index (χ1) is 13.1. The summed E-state index contributed by atoms with van der Waals surface area (Å²) < 4.78 is 13.9. The Labute approximate surface area is 160 Å². The van der Waals surface area contributed by atoms with Crippen LogP contribution in [0.25, 0.3) is 0 Å². The van der Waals surface area contributed by atoms with Gasteiger partial charge in [0.1, 0.15) is 5.82 Å². The minimum absolute atomic E-state index is 0.107. The van der Waals surface area contributed by atoms with E-state index in [9.17, 15) is 14.0 Å². The zero-order valence-electron chi connectivity index (χ0n) is 16.1. The Kier molecular flexibility index (Phi) is 6.83. The Morgan fingerprint density at radius 3 is 2.44 bits per heavy atom. The molecular weight excluding hydrogens is 345 g/mol. The van der Waals surface area contributed by atoms with Crippen LogP contribution < -0.4 is 5.32 Å². The number of nitrogens with zero attached hydrogens (tertiary/aromatic N) is 2. The van der Waals surface area contributed by atoms with Crippen LogP contribution in [-0.2, 0) is 4.79 Å². The summed E-state index contributed by atoms with van der Waals surface area (Å²) in [5, 5.41) is 3.06. The standard InChI is InChI=1S/C21H30FN3O2/c1-2-11-23-20(26)19(16-7-3-4-8-16)24-12-14-25(15-13-24)21(27)17-9-5-6-10-18(17)22/h5-6,9-10,16,19H,2-4,7-8,11-15H2,1H3,(H,23,26)/t19-/m1/s1. The summed E-state index contributed by atoms with van der Waals surface area (Å²) in [7, 11) is 0. The van der Waals surface area contributed by atoms with Crippen LogP contribution in [0.3, 0.4) is 0 Å². The van der Waals surface area contributed by atoms with E-state index >= 15 is 0 Å². The van der Waals surface area contributed by atoms with E-state index in [1.165, 1.54) is 25.0 Å². The molecule has 0 radical (unpaired) electrons. The van der Waals surface area contributed by atoms with Crippen LogP contribution >= 0.6 is 0 Å². The van der Waals surface area contributed by atoms with Crippen molar-refractivity contribution in [3.8, 4) is 0 Å². The maximum atomic E-state index is 13.9. The Bertz CT molecular complexity index is 653. The Balaban J connectivity index is 1.64. The van der Waals surface area contributed by atoms with Gasteiger partial charge in [-0.25, -0.2) is 4.39 Å². The van der Waals surface area contributed by atoms with Crippen molar-refractivity contribution >= 4 is 11.8 Å². The summed E-state index contributed by atoms with van der Waals surface area (Å²) in [6.45, 7) is 5.11. The number of rotatable bonds is 6. The fourth-order valence-electron chi connectivity index (χ4n) is 4.31. The van der Waals surface area contributed by atoms with Gasteiger partial charge < -0.3 is 10.2 Å². The molecule has 5 nitrogen and oxygen atoms in total. The van der Waals surface area contributed by atoms with Crippen molar-refractivity contribution in [1.82, 2.24) is 15.1 Å². The van der Waals surface area contributed by atoms with Gasteiger partial charge in [0.25, 0.3) is 5.91 Å². The zero-order chi connectivity index (χ0) is 19.2. The number of amides is 2. The monoisotopic (exact) mass is 375 g/mol. The number of piperazine rings is 1. The van der Waals surface area contributed by atoms with Crippen LogP contribution in [0.1, 0.15) is 49.4 Å². The lowest BCUT2D eigenvalue weighted by Gasteiger charge is -2.40. The van der Waals surface area contributed by atoms with Gasteiger partial charge in [-0.2, -0.15) is 0 Å². The summed E-state index contributed by atoms with van der Waals surface area (Å²) in [5.74, 6) is -0.221. The SMILES string of the molecule is CCCNC(=O)[C@@H](C1CCCC1)N1CCN(C(=O)c2ccccc2F)CC1. The largest absolute Gasteiger partial charge is 0.355 e. The van der Waals surface area contributed by atoms with Crippen molar-refractivity contribution in [2.24, 2.45) is 5.92 Å². The second-order valence-electron chi connectivity index (χ2n) is 7.59. The van der Waals surface area contributed by atoms with Gasteiger partial charge in [0, 0.05) is 32.7 Å². The number of nitrogens with one attached hydrogen (secondary N) is 1. The average Bonchev–Trinajstić information content (AvgIpc) is 3.21. The number of halogens is 1. The molecule has 1 heterocycles. The van der Waals surface area contributed by atoms with E-state index in [0.717, 1.165) is 19.3 Å². The van der Waals surface area contributed by atoms with E-state index in [4.69, 9.17) is 0 Å². The summed E-state index contributed by atoms with van der Waals surface area (Å²) in [6.07, 6.45) is 5.49. The Morgan fingerprint density at radius 1 is 1.15 bits per heavy atom. The van der Waals surface area contributed by atoms with Crippen molar-refractivity contribution in [2.75, 3.05) is 32.7 Å². The fraction of sp³-hybridized carbons (Fsp3) is 0.619. The maximum absolute atomic E-state index is 13.9. The molecule has 0 unspecified atom stereocenters. The minimum Gasteiger partial charge on any atom is -0.355 e. The molecule has 1 saturated carbocycles. The number of benzene rings is 1. The highest BCUT2D eigenvalue weighted by Gasteiger charge is 2.37. The quantitative estimate of drug-likeness (QED) is 0.832.